The highest BCUT2D eigenvalue weighted by atomic mass is 16.5. The van der Waals surface area contributed by atoms with Crippen LogP contribution in [0.3, 0.4) is 0 Å². The van der Waals surface area contributed by atoms with Crippen LogP contribution in [0.25, 0.3) is 0 Å². The van der Waals surface area contributed by atoms with Gasteiger partial charge in [-0.1, -0.05) is 0 Å². The minimum Gasteiger partial charge on any atom is -0.378 e. The maximum atomic E-state index is 8.73. The molecule has 0 aromatic carbocycles. The molecule has 5 heteroatoms. The second kappa shape index (κ2) is 4.32. The predicted octanol–water partition coefficient (Wildman–Crippen LogP) is 0.130. The normalized spacial score (nSPS) is 27.6. The van der Waals surface area contributed by atoms with Crippen molar-refractivity contribution in [1.29, 1.82) is 5.26 Å². The first kappa shape index (κ1) is 10.5. The molecule has 0 amide bonds. The standard InChI is InChI=1S/C12H14N4O/c13-3-9-1-2-11(4-14-9)16-6-10-7-17-8-12(16)5-15-10/h1-2,4,10,12,15H,5-8H2. The lowest BCUT2D eigenvalue weighted by Crippen LogP contribution is -2.56. The number of rotatable bonds is 1. The number of nitriles is 1. The molecular weight excluding hydrogens is 216 g/mol. The van der Waals surface area contributed by atoms with Gasteiger partial charge in [0, 0.05) is 19.1 Å². The molecule has 2 unspecified atom stereocenters. The smallest absolute Gasteiger partial charge is 0.140 e. The van der Waals surface area contributed by atoms with Gasteiger partial charge in [-0.3, -0.25) is 0 Å². The minimum absolute atomic E-state index is 0.364. The molecule has 5 nitrogen and oxygen atoms in total. The first-order valence-electron chi connectivity index (χ1n) is 5.81. The van der Waals surface area contributed by atoms with E-state index in [0.717, 1.165) is 32.0 Å². The van der Waals surface area contributed by atoms with Crippen LogP contribution in [-0.4, -0.2) is 43.4 Å². The number of hydrogen-bond acceptors (Lipinski definition) is 5. The van der Waals surface area contributed by atoms with Gasteiger partial charge in [-0.25, -0.2) is 4.98 Å². The summed E-state index contributed by atoms with van der Waals surface area (Å²) in [7, 11) is 0. The Morgan fingerprint density at radius 1 is 1.47 bits per heavy atom. The second-order valence-corrected chi connectivity index (χ2v) is 4.46. The fourth-order valence-corrected chi connectivity index (χ4v) is 2.41. The average Bonchev–Trinajstić information content (AvgIpc) is 2.74. The lowest BCUT2D eigenvalue weighted by atomic mass is 10.1. The van der Waals surface area contributed by atoms with E-state index in [9.17, 15) is 0 Å². The van der Waals surface area contributed by atoms with Crippen molar-refractivity contribution >= 4 is 5.69 Å². The minimum atomic E-state index is 0.364. The summed E-state index contributed by atoms with van der Waals surface area (Å²) >= 11 is 0. The summed E-state index contributed by atoms with van der Waals surface area (Å²) in [6.07, 6.45) is 1.78. The molecule has 0 radical (unpaired) electrons. The van der Waals surface area contributed by atoms with Gasteiger partial charge in [0.15, 0.2) is 0 Å². The topological polar surface area (TPSA) is 61.2 Å². The van der Waals surface area contributed by atoms with Crippen molar-refractivity contribution in [3.05, 3.63) is 24.0 Å². The van der Waals surface area contributed by atoms with Crippen molar-refractivity contribution in [2.45, 2.75) is 12.1 Å². The zero-order valence-corrected chi connectivity index (χ0v) is 9.47. The number of pyridine rings is 1. The molecule has 3 fully saturated rings. The van der Waals surface area contributed by atoms with E-state index in [1.165, 1.54) is 0 Å². The average molecular weight is 230 g/mol. The number of hydrogen-bond donors (Lipinski definition) is 1. The van der Waals surface area contributed by atoms with Crippen molar-refractivity contribution in [2.75, 3.05) is 31.2 Å². The van der Waals surface area contributed by atoms with E-state index in [1.54, 1.807) is 12.3 Å². The first-order chi connectivity index (χ1) is 8.36. The predicted molar refractivity (Wildman–Crippen MR) is 62.7 cm³/mol. The van der Waals surface area contributed by atoms with Crippen molar-refractivity contribution in [2.24, 2.45) is 0 Å². The molecular formula is C12H14N4O. The van der Waals surface area contributed by atoms with Gasteiger partial charge in [-0.05, 0) is 12.1 Å². The number of anilines is 1. The van der Waals surface area contributed by atoms with Gasteiger partial charge < -0.3 is 15.0 Å². The van der Waals surface area contributed by atoms with Gasteiger partial charge in [0.25, 0.3) is 0 Å². The fraction of sp³-hybridized carbons (Fsp3) is 0.500. The van der Waals surface area contributed by atoms with E-state index in [4.69, 9.17) is 10.00 Å². The molecule has 1 aromatic heterocycles. The van der Waals surface area contributed by atoms with E-state index in [2.05, 4.69) is 15.2 Å². The van der Waals surface area contributed by atoms with Crippen LogP contribution in [-0.2, 0) is 4.74 Å². The lowest BCUT2D eigenvalue weighted by Gasteiger charge is -2.37. The van der Waals surface area contributed by atoms with E-state index < -0.39 is 0 Å². The van der Waals surface area contributed by atoms with Gasteiger partial charge in [-0.2, -0.15) is 5.26 Å². The Balaban J connectivity index is 1.85. The fourth-order valence-electron chi connectivity index (χ4n) is 2.41. The SMILES string of the molecule is N#Cc1ccc(N2CC3COCC2CN3)cn1. The summed E-state index contributed by atoms with van der Waals surface area (Å²) in [4.78, 5) is 6.44. The van der Waals surface area contributed by atoms with Crippen LogP contribution in [0.15, 0.2) is 18.3 Å². The van der Waals surface area contributed by atoms with Crippen LogP contribution in [0, 0.1) is 11.3 Å². The highest BCUT2D eigenvalue weighted by Crippen LogP contribution is 2.21. The Kier molecular flexibility index (Phi) is 2.67. The molecule has 1 aromatic rings. The summed E-state index contributed by atoms with van der Waals surface area (Å²) in [5.41, 5.74) is 1.54. The molecule has 88 valence electrons. The number of ether oxygens (including phenoxy) is 1. The Hall–Kier alpha value is -1.64. The van der Waals surface area contributed by atoms with Crippen molar-refractivity contribution in [3.63, 3.8) is 0 Å². The van der Waals surface area contributed by atoms with Gasteiger partial charge >= 0.3 is 0 Å². The van der Waals surface area contributed by atoms with Crippen LogP contribution in [0.1, 0.15) is 5.69 Å². The lowest BCUT2D eigenvalue weighted by molar-refractivity contribution is 0.139. The summed E-state index contributed by atoms with van der Waals surface area (Å²) in [5.74, 6) is 0. The Morgan fingerprint density at radius 3 is 3.18 bits per heavy atom. The van der Waals surface area contributed by atoms with Crippen molar-refractivity contribution in [3.8, 4) is 6.07 Å². The van der Waals surface area contributed by atoms with E-state index in [1.807, 2.05) is 12.1 Å². The van der Waals surface area contributed by atoms with Crippen molar-refractivity contribution in [1.82, 2.24) is 10.3 Å². The molecule has 0 saturated carbocycles. The maximum absolute atomic E-state index is 8.73. The Morgan fingerprint density at radius 2 is 2.41 bits per heavy atom. The van der Waals surface area contributed by atoms with Crippen LogP contribution >= 0.6 is 0 Å². The largest absolute Gasteiger partial charge is 0.378 e. The third-order valence-electron chi connectivity index (χ3n) is 3.32. The van der Waals surface area contributed by atoms with Gasteiger partial charge in [0.1, 0.15) is 11.8 Å². The molecule has 3 saturated heterocycles. The summed E-state index contributed by atoms with van der Waals surface area (Å²) < 4.78 is 5.60. The maximum Gasteiger partial charge on any atom is 0.140 e. The molecule has 0 spiro atoms. The molecule has 4 heterocycles. The number of piperazine rings is 1. The summed E-state index contributed by atoms with van der Waals surface area (Å²) in [5, 5.41) is 12.2. The summed E-state index contributed by atoms with van der Waals surface area (Å²) in [6.45, 7) is 3.42. The van der Waals surface area contributed by atoms with Crippen molar-refractivity contribution < 1.29 is 4.74 Å². The van der Waals surface area contributed by atoms with Crippen LogP contribution in [0.5, 0.6) is 0 Å². The number of nitrogens with one attached hydrogen (secondary N) is 1. The van der Waals surface area contributed by atoms with Gasteiger partial charge in [0.05, 0.1) is 31.1 Å². The highest BCUT2D eigenvalue weighted by molar-refractivity contribution is 5.48. The Labute approximate surface area is 100 Å². The molecule has 2 bridgehead atoms. The molecule has 3 aliphatic heterocycles. The first-order valence-corrected chi connectivity index (χ1v) is 5.81. The van der Waals surface area contributed by atoms with Crippen LogP contribution in [0.2, 0.25) is 0 Å². The second-order valence-electron chi connectivity index (χ2n) is 4.46. The van der Waals surface area contributed by atoms with Gasteiger partial charge in [-0.15, -0.1) is 0 Å². The number of fused-ring (bicyclic) bond motifs is 4. The quantitative estimate of drug-likeness (QED) is 0.743. The molecule has 1 N–H and O–H groups in total. The molecule has 3 aliphatic rings. The highest BCUT2D eigenvalue weighted by Gasteiger charge is 2.31. The summed E-state index contributed by atoms with van der Waals surface area (Å²) in [6, 6.07) is 6.52. The van der Waals surface area contributed by atoms with Gasteiger partial charge in [0.2, 0.25) is 0 Å². The van der Waals surface area contributed by atoms with Crippen LogP contribution in [0.4, 0.5) is 5.69 Å². The van der Waals surface area contributed by atoms with E-state index >= 15 is 0 Å². The number of nitrogens with zero attached hydrogens (tertiary/aromatic N) is 3. The van der Waals surface area contributed by atoms with E-state index in [-0.39, 0.29) is 0 Å². The molecule has 4 rings (SSSR count). The molecule has 2 atom stereocenters. The third kappa shape index (κ3) is 1.97. The monoisotopic (exact) mass is 230 g/mol. The molecule has 0 aliphatic carbocycles. The van der Waals surface area contributed by atoms with Crippen LogP contribution < -0.4 is 10.2 Å². The van der Waals surface area contributed by atoms with E-state index in [0.29, 0.717) is 17.8 Å². The number of aromatic nitrogens is 1. The zero-order valence-electron chi connectivity index (χ0n) is 9.47. The zero-order chi connectivity index (χ0) is 11.7. The third-order valence-corrected chi connectivity index (χ3v) is 3.32. The Bertz CT molecular complexity index is 435. The molecule has 17 heavy (non-hydrogen) atoms.